The molecule has 4 nitrogen and oxygen atoms in total. The lowest BCUT2D eigenvalue weighted by molar-refractivity contribution is -0.114. The van der Waals surface area contributed by atoms with Crippen molar-refractivity contribution in [3.05, 3.63) is 71.9 Å². The van der Waals surface area contributed by atoms with Crippen molar-refractivity contribution in [2.24, 2.45) is 5.73 Å². The molecule has 3 N–H and O–H groups in total. The average Bonchev–Trinajstić information content (AvgIpc) is 2.61. The summed E-state index contributed by atoms with van der Waals surface area (Å²) in [5, 5.41) is 3.84. The number of carbonyl (C=O) groups excluding carboxylic acids is 1. The van der Waals surface area contributed by atoms with Crippen molar-refractivity contribution in [2.75, 3.05) is 11.9 Å². The number of para-hydroxylation sites is 1. The van der Waals surface area contributed by atoms with Gasteiger partial charge in [-0.25, -0.2) is 4.98 Å². The topological polar surface area (TPSA) is 68.0 Å². The maximum Gasteiger partial charge on any atom is 0.238 e. The number of amides is 1. The highest BCUT2D eigenvalue weighted by molar-refractivity contribution is 5.92. The normalized spacial score (nSPS) is 11.0. The Kier molecular flexibility index (Phi) is 4.45. The first kappa shape index (κ1) is 14.9. The zero-order valence-electron chi connectivity index (χ0n) is 12.6. The van der Waals surface area contributed by atoms with E-state index in [9.17, 15) is 4.79 Å². The number of anilines is 1. The lowest BCUT2D eigenvalue weighted by atomic mass is 10.1. The second-order valence-electron chi connectivity index (χ2n) is 5.14. The Bertz CT molecular complexity index is 854. The third kappa shape index (κ3) is 3.81. The first-order valence-electron chi connectivity index (χ1n) is 7.38. The average molecular weight is 303 g/mol. The van der Waals surface area contributed by atoms with E-state index in [1.165, 1.54) is 0 Å². The molecule has 0 aliphatic carbocycles. The Morgan fingerprint density at radius 1 is 1.00 bits per heavy atom. The van der Waals surface area contributed by atoms with E-state index in [2.05, 4.69) is 16.4 Å². The van der Waals surface area contributed by atoms with Crippen molar-refractivity contribution in [1.82, 2.24) is 4.98 Å². The van der Waals surface area contributed by atoms with Gasteiger partial charge < -0.3 is 11.1 Å². The van der Waals surface area contributed by atoms with Crippen LogP contribution >= 0.6 is 0 Å². The molecule has 0 saturated carbocycles. The molecule has 0 aliphatic heterocycles. The van der Waals surface area contributed by atoms with Crippen LogP contribution in [-0.2, 0) is 4.79 Å². The molecule has 0 aliphatic rings. The summed E-state index contributed by atoms with van der Waals surface area (Å²) in [6.07, 6.45) is 3.96. The molecule has 3 rings (SSSR count). The molecule has 1 aromatic heterocycles. The van der Waals surface area contributed by atoms with Crippen molar-refractivity contribution >= 4 is 34.6 Å². The molecule has 1 heterocycles. The van der Waals surface area contributed by atoms with Crippen LogP contribution in [0.3, 0.4) is 0 Å². The van der Waals surface area contributed by atoms with Gasteiger partial charge in [-0.1, -0.05) is 42.5 Å². The standard InChI is InChI=1S/C19H17N3O/c20-13-19(23)22-17-10-6-14(7-11-17)5-9-16-12-8-15-3-1-2-4-18(15)21-16/h1-12H,13,20H2,(H,22,23). The molecule has 0 unspecified atom stereocenters. The molecule has 0 radical (unpaired) electrons. The van der Waals surface area contributed by atoms with Gasteiger partial charge in [0.1, 0.15) is 0 Å². The second kappa shape index (κ2) is 6.85. The number of benzene rings is 2. The summed E-state index contributed by atoms with van der Waals surface area (Å²) < 4.78 is 0. The molecular formula is C19H17N3O. The maximum absolute atomic E-state index is 11.2. The van der Waals surface area contributed by atoms with Crippen LogP contribution in [0.2, 0.25) is 0 Å². The van der Waals surface area contributed by atoms with Crippen molar-refractivity contribution in [1.29, 1.82) is 0 Å². The fraction of sp³-hybridized carbons (Fsp3) is 0.0526. The Balaban J connectivity index is 1.74. The Morgan fingerprint density at radius 2 is 1.78 bits per heavy atom. The monoisotopic (exact) mass is 303 g/mol. The van der Waals surface area contributed by atoms with Crippen molar-refractivity contribution in [2.45, 2.75) is 0 Å². The summed E-state index contributed by atoms with van der Waals surface area (Å²) in [6, 6.07) is 19.7. The van der Waals surface area contributed by atoms with E-state index in [0.29, 0.717) is 0 Å². The summed E-state index contributed by atoms with van der Waals surface area (Å²) in [6.45, 7) is -0.0186. The number of nitrogens with two attached hydrogens (primary N) is 1. The molecule has 0 spiro atoms. The maximum atomic E-state index is 11.2. The zero-order chi connectivity index (χ0) is 16.1. The van der Waals surface area contributed by atoms with Crippen LogP contribution in [-0.4, -0.2) is 17.4 Å². The third-order valence-electron chi connectivity index (χ3n) is 3.45. The van der Waals surface area contributed by atoms with Crippen molar-refractivity contribution in [3.8, 4) is 0 Å². The molecule has 0 fully saturated rings. The lowest BCUT2D eigenvalue weighted by Gasteiger charge is -2.03. The summed E-state index contributed by atoms with van der Waals surface area (Å²) in [5.74, 6) is -0.200. The minimum atomic E-state index is -0.200. The van der Waals surface area contributed by atoms with E-state index < -0.39 is 0 Å². The van der Waals surface area contributed by atoms with E-state index in [0.717, 1.165) is 27.8 Å². The molecule has 1 amide bonds. The van der Waals surface area contributed by atoms with Crippen LogP contribution in [0, 0.1) is 0 Å². The minimum Gasteiger partial charge on any atom is -0.325 e. The van der Waals surface area contributed by atoms with Gasteiger partial charge in [0.25, 0.3) is 0 Å². The van der Waals surface area contributed by atoms with Gasteiger partial charge in [-0.15, -0.1) is 0 Å². The highest BCUT2D eigenvalue weighted by atomic mass is 16.1. The van der Waals surface area contributed by atoms with E-state index in [-0.39, 0.29) is 12.5 Å². The predicted molar refractivity (Wildman–Crippen MR) is 94.8 cm³/mol. The van der Waals surface area contributed by atoms with Gasteiger partial charge >= 0.3 is 0 Å². The second-order valence-corrected chi connectivity index (χ2v) is 5.14. The Hall–Kier alpha value is -2.98. The number of hydrogen-bond donors (Lipinski definition) is 2. The molecular weight excluding hydrogens is 286 g/mol. The SMILES string of the molecule is NCC(=O)Nc1ccc(C=Cc2ccc3ccccc3n2)cc1. The van der Waals surface area contributed by atoms with E-state index in [1.807, 2.05) is 66.7 Å². The summed E-state index contributed by atoms with van der Waals surface area (Å²) in [5.41, 5.74) is 8.93. The predicted octanol–water partition coefficient (Wildman–Crippen LogP) is 3.30. The Morgan fingerprint density at radius 3 is 2.57 bits per heavy atom. The summed E-state index contributed by atoms with van der Waals surface area (Å²) in [4.78, 5) is 15.8. The van der Waals surface area contributed by atoms with Gasteiger partial charge in [0.2, 0.25) is 5.91 Å². The molecule has 3 aromatic rings. The molecule has 4 heteroatoms. The van der Waals surface area contributed by atoms with Gasteiger partial charge in [0.05, 0.1) is 17.8 Å². The van der Waals surface area contributed by atoms with E-state index in [1.54, 1.807) is 0 Å². The molecule has 23 heavy (non-hydrogen) atoms. The number of nitrogens with zero attached hydrogens (tertiary/aromatic N) is 1. The fourth-order valence-corrected chi connectivity index (χ4v) is 2.25. The first-order valence-corrected chi connectivity index (χ1v) is 7.38. The largest absolute Gasteiger partial charge is 0.325 e. The highest BCUT2D eigenvalue weighted by Crippen LogP contribution is 2.15. The molecule has 114 valence electrons. The zero-order valence-corrected chi connectivity index (χ0v) is 12.6. The fourth-order valence-electron chi connectivity index (χ4n) is 2.25. The lowest BCUT2D eigenvalue weighted by Crippen LogP contribution is -2.21. The number of rotatable bonds is 4. The molecule has 0 saturated heterocycles. The van der Waals surface area contributed by atoms with Crippen LogP contribution in [0.4, 0.5) is 5.69 Å². The van der Waals surface area contributed by atoms with Crippen LogP contribution in [0.5, 0.6) is 0 Å². The van der Waals surface area contributed by atoms with Crippen LogP contribution in [0.25, 0.3) is 23.1 Å². The quantitative estimate of drug-likeness (QED) is 0.777. The van der Waals surface area contributed by atoms with Gasteiger partial charge in [0.15, 0.2) is 0 Å². The number of pyridine rings is 1. The van der Waals surface area contributed by atoms with Crippen molar-refractivity contribution in [3.63, 3.8) is 0 Å². The first-order chi connectivity index (χ1) is 11.2. The number of hydrogen-bond acceptors (Lipinski definition) is 3. The van der Waals surface area contributed by atoms with Gasteiger partial charge in [-0.2, -0.15) is 0 Å². The van der Waals surface area contributed by atoms with Gasteiger partial charge in [-0.05, 0) is 35.9 Å². The number of carbonyl (C=O) groups is 1. The Labute approximate surface area is 134 Å². The molecule has 2 aromatic carbocycles. The van der Waals surface area contributed by atoms with Gasteiger partial charge in [-0.3, -0.25) is 4.79 Å². The third-order valence-corrected chi connectivity index (χ3v) is 3.45. The smallest absolute Gasteiger partial charge is 0.238 e. The number of aromatic nitrogens is 1. The van der Waals surface area contributed by atoms with E-state index >= 15 is 0 Å². The van der Waals surface area contributed by atoms with Gasteiger partial charge in [0, 0.05) is 11.1 Å². The molecule has 0 bridgehead atoms. The van der Waals surface area contributed by atoms with Crippen LogP contribution in [0.15, 0.2) is 60.7 Å². The van der Waals surface area contributed by atoms with E-state index in [4.69, 9.17) is 5.73 Å². The summed E-state index contributed by atoms with van der Waals surface area (Å²) in [7, 11) is 0. The van der Waals surface area contributed by atoms with Crippen LogP contribution in [0.1, 0.15) is 11.3 Å². The van der Waals surface area contributed by atoms with Crippen molar-refractivity contribution < 1.29 is 4.79 Å². The summed E-state index contributed by atoms with van der Waals surface area (Å²) >= 11 is 0. The molecule has 0 atom stereocenters. The minimum absolute atomic E-state index is 0.0186. The number of nitrogens with one attached hydrogen (secondary N) is 1. The number of fused-ring (bicyclic) bond motifs is 1. The van der Waals surface area contributed by atoms with Crippen LogP contribution < -0.4 is 11.1 Å². The highest BCUT2D eigenvalue weighted by Gasteiger charge is 1.98.